The second kappa shape index (κ2) is 7.46. The van der Waals surface area contributed by atoms with Crippen molar-refractivity contribution in [1.29, 1.82) is 5.26 Å². The van der Waals surface area contributed by atoms with Crippen molar-refractivity contribution in [2.75, 3.05) is 0 Å². The molecule has 1 unspecified atom stereocenters. The first-order valence-electron chi connectivity index (χ1n) is 9.14. The summed E-state index contributed by atoms with van der Waals surface area (Å²) in [5, 5.41) is 16.7. The molecule has 0 radical (unpaired) electrons. The zero-order valence-electron chi connectivity index (χ0n) is 14.9. The number of benzene rings is 2. The van der Waals surface area contributed by atoms with Crippen molar-refractivity contribution >= 4 is 5.91 Å². The normalized spacial score (nSPS) is 15.6. The monoisotopic (exact) mass is 356 g/mol. The fourth-order valence-corrected chi connectivity index (χ4v) is 3.63. The van der Waals surface area contributed by atoms with Crippen LogP contribution in [0.25, 0.3) is 0 Å². The lowest BCUT2D eigenvalue weighted by Gasteiger charge is -2.24. The number of aromatic nitrogens is 2. The smallest absolute Gasteiger partial charge is 0.251 e. The van der Waals surface area contributed by atoms with Gasteiger partial charge in [0.1, 0.15) is 0 Å². The Morgan fingerprint density at radius 2 is 2.07 bits per heavy atom. The first-order valence-corrected chi connectivity index (χ1v) is 9.14. The van der Waals surface area contributed by atoms with E-state index in [0.717, 1.165) is 31.4 Å². The molecule has 134 valence electrons. The average molecular weight is 356 g/mol. The maximum atomic E-state index is 12.6. The number of nitrogens with zero attached hydrogens (tertiary/aromatic N) is 3. The van der Waals surface area contributed by atoms with Gasteiger partial charge in [-0.25, -0.2) is 0 Å². The van der Waals surface area contributed by atoms with Crippen molar-refractivity contribution in [1.82, 2.24) is 15.1 Å². The summed E-state index contributed by atoms with van der Waals surface area (Å²) < 4.78 is 2.04. The van der Waals surface area contributed by atoms with E-state index >= 15 is 0 Å². The van der Waals surface area contributed by atoms with E-state index in [1.54, 1.807) is 24.3 Å². The summed E-state index contributed by atoms with van der Waals surface area (Å²) >= 11 is 0. The minimum absolute atomic E-state index is 0.0449. The number of amides is 1. The van der Waals surface area contributed by atoms with Crippen LogP contribution in [-0.2, 0) is 13.0 Å². The molecule has 2 aromatic carbocycles. The van der Waals surface area contributed by atoms with Gasteiger partial charge < -0.3 is 5.32 Å². The minimum atomic E-state index is -0.152. The van der Waals surface area contributed by atoms with Crippen LogP contribution < -0.4 is 5.32 Å². The molecule has 3 aromatic rings. The topological polar surface area (TPSA) is 70.7 Å². The molecular formula is C22H20N4O. The second-order valence-electron chi connectivity index (χ2n) is 6.80. The highest BCUT2D eigenvalue weighted by Crippen LogP contribution is 2.30. The van der Waals surface area contributed by atoms with Crippen LogP contribution >= 0.6 is 0 Å². The van der Waals surface area contributed by atoms with E-state index in [-0.39, 0.29) is 11.9 Å². The summed E-state index contributed by atoms with van der Waals surface area (Å²) in [6.07, 6.45) is 4.76. The van der Waals surface area contributed by atoms with Crippen molar-refractivity contribution in [2.45, 2.75) is 31.8 Å². The third-order valence-electron chi connectivity index (χ3n) is 5.00. The maximum Gasteiger partial charge on any atom is 0.251 e. The van der Waals surface area contributed by atoms with Gasteiger partial charge in [-0.15, -0.1) is 0 Å². The molecule has 1 aromatic heterocycles. The number of hydrogen-bond donors (Lipinski definition) is 1. The maximum absolute atomic E-state index is 12.6. The Labute approximate surface area is 158 Å². The summed E-state index contributed by atoms with van der Waals surface area (Å²) in [6, 6.07) is 19.1. The molecule has 1 atom stereocenters. The largest absolute Gasteiger partial charge is 0.345 e. The van der Waals surface area contributed by atoms with Crippen molar-refractivity contribution in [3.63, 3.8) is 0 Å². The molecule has 5 heteroatoms. The summed E-state index contributed by atoms with van der Waals surface area (Å²) in [5.74, 6) is -0.152. The van der Waals surface area contributed by atoms with Crippen LogP contribution in [0.3, 0.4) is 0 Å². The number of nitrogens with one attached hydrogen (secondary N) is 1. The lowest BCUT2D eigenvalue weighted by Crippen LogP contribution is -2.31. The Morgan fingerprint density at radius 1 is 1.22 bits per heavy atom. The van der Waals surface area contributed by atoms with E-state index in [4.69, 9.17) is 5.26 Å². The fraction of sp³-hybridized carbons (Fsp3) is 0.227. The lowest BCUT2D eigenvalue weighted by molar-refractivity contribution is 0.0932. The van der Waals surface area contributed by atoms with Crippen LogP contribution in [0.2, 0.25) is 0 Å². The predicted molar refractivity (Wildman–Crippen MR) is 102 cm³/mol. The molecule has 0 saturated carbocycles. The molecule has 0 fully saturated rings. The van der Waals surface area contributed by atoms with Gasteiger partial charge in [-0.2, -0.15) is 10.4 Å². The van der Waals surface area contributed by atoms with E-state index in [2.05, 4.69) is 28.6 Å². The van der Waals surface area contributed by atoms with E-state index in [1.165, 1.54) is 11.3 Å². The number of fused-ring (bicyclic) bond motifs is 1. The van der Waals surface area contributed by atoms with Crippen molar-refractivity contribution in [2.24, 2.45) is 0 Å². The highest BCUT2D eigenvalue weighted by atomic mass is 16.1. The van der Waals surface area contributed by atoms with Gasteiger partial charge in [0.2, 0.25) is 0 Å². The van der Waals surface area contributed by atoms with Gasteiger partial charge in [0.25, 0.3) is 5.91 Å². The summed E-state index contributed by atoms with van der Waals surface area (Å²) in [5.41, 5.74) is 4.51. The molecule has 1 N–H and O–H groups in total. The highest BCUT2D eigenvalue weighted by Gasteiger charge is 2.26. The number of rotatable bonds is 4. The zero-order valence-corrected chi connectivity index (χ0v) is 14.9. The molecule has 0 spiro atoms. The van der Waals surface area contributed by atoms with Gasteiger partial charge in [-0.1, -0.05) is 36.4 Å². The summed E-state index contributed by atoms with van der Waals surface area (Å²) in [6.45, 7) is 0.737. The van der Waals surface area contributed by atoms with Gasteiger partial charge in [-0.3, -0.25) is 9.48 Å². The summed E-state index contributed by atoms with van der Waals surface area (Å²) in [7, 11) is 0. The van der Waals surface area contributed by atoms with Crippen molar-refractivity contribution in [3.05, 3.63) is 88.7 Å². The zero-order chi connectivity index (χ0) is 18.6. The molecule has 1 amide bonds. The number of nitriles is 1. The Morgan fingerprint density at radius 3 is 2.89 bits per heavy atom. The second-order valence-corrected chi connectivity index (χ2v) is 6.80. The summed E-state index contributed by atoms with van der Waals surface area (Å²) in [4.78, 5) is 12.6. The third kappa shape index (κ3) is 3.61. The van der Waals surface area contributed by atoms with E-state index < -0.39 is 0 Å². The molecule has 0 bridgehead atoms. The number of hydrogen-bond acceptors (Lipinski definition) is 3. The van der Waals surface area contributed by atoms with Crippen molar-refractivity contribution in [3.8, 4) is 6.07 Å². The van der Waals surface area contributed by atoms with Gasteiger partial charge >= 0.3 is 0 Å². The molecular weight excluding hydrogens is 336 g/mol. The molecule has 0 aliphatic heterocycles. The quantitative estimate of drug-likeness (QED) is 0.776. The highest BCUT2D eigenvalue weighted by molar-refractivity contribution is 5.94. The van der Waals surface area contributed by atoms with Crippen LogP contribution in [0.1, 0.15) is 51.6 Å². The van der Waals surface area contributed by atoms with Crippen molar-refractivity contribution < 1.29 is 4.79 Å². The number of carbonyl (C=O) groups excluding carboxylic acids is 1. The minimum Gasteiger partial charge on any atom is -0.345 e. The van der Waals surface area contributed by atoms with E-state index in [1.807, 2.05) is 29.1 Å². The van der Waals surface area contributed by atoms with E-state index in [9.17, 15) is 4.79 Å². The Kier molecular flexibility index (Phi) is 4.71. The average Bonchev–Trinajstić information content (AvgIpc) is 3.12. The SMILES string of the molecule is N#Cc1cccc(C(=O)NC2CCCc3c2cnn3Cc2ccccc2)c1. The predicted octanol–water partition coefficient (Wildman–Crippen LogP) is 3.61. The van der Waals surface area contributed by atoms with Gasteiger partial charge in [0, 0.05) is 16.8 Å². The van der Waals surface area contributed by atoms with Crippen LogP contribution in [0.4, 0.5) is 0 Å². The molecule has 1 heterocycles. The molecule has 1 aliphatic rings. The first kappa shape index (κ1) is 17.0. The van der Waals surface area contributed by atoms with E-state index in [0.29, 0.717) is 11.1 Å². The third-order valence-corrected chi connectivity index (χ3v) is 5.00. The van der Waals surface area contributed by atoms with Crippen LogP contribution in [0, 0.1) is 11.3 Å². The van der Waals surface area contributed by atoms with Crippen LogP contribution in [0.5, 0.6) is 0 Å². The lowest BCUT2D eigenvalue weighted by atomic mass is 9.92. The molecule has 5 nitrogen and oxygen atoms in total. The van der Waals surface area contributed by atoms with Gasteiger partial charge in [0.15, 0.2) is 0 Å². The Bertz CT molecular complexity index is 1000. The first-order chi connectivity index (χ1) is 13.2. The molecule has 27 heavy (non-hydrogen) atoms. The molecule has 4 rings (SSSR count). The van der Waals surface area contributed by atoms with Crippen LogP contribution in [0.15, 0.2) is 60.8 Å². The van der Waals surface area contributed by atoms with Gasteiger partial charge in [0.05, 0.1) is 30.4 Å². The van der Waals surface area contributed by atoms with Gasteiger partial charge in [-0.05, 0) is 43.0 Å². The van der Waals surface area contributed by atoms with Crippen LogP contribution in [-0.4, -0.2) is 15.7 Å². The Balaban J connectivity index is 1.53. The Hall–Kier alpha value is -3.39. The number of carbonyl (C=O) groups is 1. The fourth-order valence-electron chi connectivity index (χ4n) is 3.63. The molecule has 0 saturated heterocycles. The molecule has 1 aliphatic carbocycles. The standard InChI is InChI=1S/C22H20N4O/c23-13-17-8-4-9-18(12-17)22(27)25-20-10-5-11-21-19(20)14-24-26(21)15-16-6-2-1-3-7-16/h1-4,6-9,12,14,20H,5,10-11,15H2,(H,25,27).